The summed E-state index contributed by atoms with van der Waals surface area (Å²) in [6.45, 7) is 10.4. The third kappa shape index (κ3) is 12.9. The van der Waals surface area contributed by atoms with Crippen molar-refractivity contribution in [2.45, 2.75) is 117 Å². The van der Waals surface area contributed by atoms with Crippen molar-refractivity contribution in [3.8, 4) is 17.2 Å². The van der Waals surface area contributed by atoms with Crippen LogP contribution in [0.25, 0.3) is 11.1 Å². The summed E-state index contributed by atoms with van der Waals surface area (Å²) < 4.78 is 18.1. The molecule has 16 nitrogen and oxygen atoms in total. The summed E-state index contributed by atoms with van der Waals surface area (Å²) in [5, 5.41) is 2.87. The summed E-state index contributed by atoms with van der Waals surface area (Å²) in [6.07, 6.45) is 14.5. The molecule has 5 heterocycles. The fourth-order valence-corrected chi connectivity index (χ4v) is 10.5. The second-order valence-corrected chi connectivity index (χ2v) is 21.4. The molecule has 1 N–H and O–H groups in total. The summed E-state index contributed by atoms with van der Waals surface area (Å²) in [5.74, 6) is -0.566. The molecule has 4 aromatic carbocycles. The maximum Gasteiger partial charge on any atom is 0.260 e. The SMILES string of the molecule is COc1cc2c(cc1OCCCOc1cc3c(cc1C)C(=O)N1C=C(c4ccc(C)cc4)C[C@H]1C=N3)N=C[C@@H]1CC(c3ccc(CCC(=O)[C@H](C)CC(=O)[C@@H](NC(=O)CCCCCN4C(=O)C=CC4=O)C(C)C)cc3)=CN1C2=O. The van der Waals surface area contributed by atoms with E-state index < -0.39 is 12.0 Å². The maximum absolute atomic E-state index is 14.1. The van der Waals surface area contributed by atoms with Gasteiger partial charge in [-0.25, -0.2) is 0 Å². The van der Waals surface area contributed by atoms with E-state index in [1.807, 2.05) is 75.8 Å². The fourth-order valence-electron chi connectivity index (χ4n) is 10.5. The lowest BCUT2D eigenvalue weighted by atomic mass is 9.89. The quantitative estimate of drug-likeness (QED) is 0.0522. The predicted octanol–water partition coefficient (Wildman–Crippen LogP) is 9.83. The summed E-state index contributed by atoms with van der Waals surface area (Å²) >= 11 is 0. The van der Waals surface area contributed by atoms with E-state index in [-0.39, 0.29) is 78.4 Å². The first-order valence-electron chi connectivity index (χ1n) is 27.4. The fraction of sp³-hybridized carbons (Fsp3) is 0.381. The Morgan fingerprint density at radius 3 is 1.82 bits per heavy atom. The average Bonchev–Trinajstić information content (AvgIpc) is 4.28. The molecule has 16 heteroatoms. The highest BCUT2D eigenvalue weighted by Crippen LogP contribution is 2.41. The molecular formula is C63H68N6O10. The average molecular weight is 1070 g/mol. The molecule has 4 aromatic rings. The summed E-state index contributed by atoms with van der Waals surface area (Å²) in [7, 11) is 1.53. The zero-order valence-electron chi connectivity index (χ0n) is 45.8. The molecule has 0 fully saturated rings. The Morgan fingerprint density at radius 2 is 1.23 bits per heavy atom. The smallest absolute Gasteiger partial charge is 0.260 e. The van der Waals surface area contributed by atoms with Gasteiger partial charge in [-0.05, 0) is 84.6 Å². The molecule has 9 rings (SSSR count). The molecule has 0 aliphatic carbocycles. The standard InChI is InChI=1S/C63H68N6O10/c1-38(2)61(66-58(72)11-8-7-9-24-67-59(73)22-23-60(67)74)54(71)28-40(4)53(70)21-16-42-14-19-44(20-15-42)46-30-48-35-65-52-33-57(56(77-6)31-50(52)63(76)69(48)37-46)79-26-10-25-78-55-32-51-49(27-41(55)5)62(75)68-36-45(29-47(68)34-64-51)43-17-12-39(3)13-18-43/h12-15,17-20,22-23,27,31-38,40,47-48,61H,7-11,16,21,24-26,28-30H2,1-6H3,(H,66,72)/t40-,47+,48+,61+/m1/s1. The number of rotatable bonds is 24. The number of hydrogen-bond donors (Lipinski definition) is 1. The van der Waals surface area contributed by atoms with Gasteiger partial charge in [0.05, 0.1) is 61.0 Å². The Balaban J connectivity index is 0.721. The van der Waals surface area contributed by atoms with Crippen LogP contribution < -0.4 is 19.5 Å². The lowest BCUT2D eigenvalue weighted by Gasteiger charge is -2.22. The number of hydrogen-bond acceptors (Lipinski definition) is 12. The molecule has 0 unspecified atom stereocenters. The number of carbonyl (C=O) groups is 7. The molecule has 410 valence electrons. The van der Waals surface area contributed by atoms with Crippen LogP contribution in [0.2, 0.25) is 0 Å². The number of nitrogens with zero attached hydrogens (tertiary/aromatic N) is 5. The van der Waals surface area contributed by atoms with Crippen molar-refractivity contribution in [2.24, 2.45) is 21.8 Å². The number of aliphatic imine (C=N–C) groups is 2. The zero-order valence-corrected chi connectivity index (χ0v) is 45.8. The van der Waals surface area contributed by atoms with Gasteiger partial charge in [0.25, 0.3) is 23.6 Å². The Labute approximate surface area is 461 Å². The van der Waals surface area contributed by atoms with Crippen molar-refractivity contribution in [2.75, 3.05) is 26.9 Å². The lowest BCUT2D eigenvalue weighted by molar-refractivity contribution is -0.137. The highest BCUT2D eigenvalue weighted by Gasteiger charge is 2.35. The number of aryl methyl sites for hydroxylation is 3. The van der Waals surface area contributed by atoms with Crippen molar-refractivity contribution in [3.63, 3.8) is 0 Å². The van der Waals surface area contributed by atoms with Gasteiger partial charge in [-0.15, -0.1) is 0 Å². The summed E-state index contributed by atoms with van der Waals surface area (Å²) in [6, 6.07) is 22.2. The van der Waals surface area contributed by atoms with Gasteiger partial charge in [-0.3, -0.25) is 48.4 Å². The van der Waals surface area contributed by atoms with Crippen LogP contribution in [-0.2, 0) is 30.4 Å². The van der Waals surface area contributed by atoms with Crippen LogP contribution in [0.15, 0.2) is 107 Å². The topological polar surface area (TPSA) is 194 Å². The van der Waals surface area contributed by atoms with Crippen molar-refractivity contribution in [3.05, 3.63) is 136 Å². The van der Waals surface area contributed by atoms with E-state index in [9.17, 15) is 33.6 Å². The highest BCUT2D eigenvalue weighted by molar-refractivity contribution is 6.13. The third-order valence-corrected chi connectivity index (χ3v) is 15.2. The van der Waals surface area contributed by atoms with Gasteiger partial charge in [-0.1, -0.05) is 81.3 Å². The maximum atomic E-state index is 14.1. The Hall–Kier alpha value is -8.27. The predicted molar refractivity (Wildman–Crippen MR) is 302 cm³/mol. The molecule has 0 radical (unpaired) electrons. The molecule has 5 aliphatic heterocycles. The highest BCUT2D eigenvalue weighted by atomic mass is 16.5. The van der Waals surface area contributed by atoms with E-state index in [1.54, 1.807) is 35.1 Å². The minimum atomic E-state index is -0.710. The van der Waals surface area contributed by atoms with Crippen LogP contribution in [0.4, 0.5) is 11.4 Å². The Morgan fingerprint density at radius 1 is 0.658 bits per heavy atom. The zero-order chi connectivity index (χ0) is 55.9. The summed E-state index contributed by atoms with van der Waals surface area (Å²) in [4.78, 5) is 105. The van der Waals surface area contributed by atoms with Gasteiger partial charge in [0.2, 0.25) is 5.91 Å². The van der Waals surface area contributed by atoms with Gasteiger partial charge in [0.15, 0.2) is 17.3 Å². The molecule has 79 heavy (non-hydrogen) atoms. The van der Waals surface area contributed by atoms with E-state index in [0.717, 1.165) is 33.4 Å². The van der Waals surface area contributed by atoms with Gasteiger partial charge >= 0.3 is 0 Å². The largest absolute Gasteiger partial charge is 0.493 e. The van der Waals surface area contributed by atoms with Crippen LogP contribution in [0.5, 0.6) is 17.2 Å². The number of imide groups is 1. The number of nitrogens with one attached hydrogen (secondary N) is 1. The molecule has 0 saturated heterocycles. The molecule has 0 bridgehead atoms. The van der Waals surface area contributed by atoms with Gasteiger partial charge in [0, 0.05) is 100 Å². The first kappa shape index (κ1) is 55.5. The van der Waals surface area contributed by atoms with E-state index in [0.29, 0.717) is 104 Å². The monoisotopic (exact) mass is 1070 g/mol. The van der Waals surface area contributed by atoms with Gasteiger partial charge in [-0.2, -0.15) is 0 Å². The number of benzene rings is 4. The van der Waals surface area contributed by atoms with Crippen molar-refractivity contribution >= 4 is 76.1 Å². The number of methoxy groups -OCH3 is 1. The molecule has 4 atom stereocenters. The normalized spacial score (nSPS) is 17.9. The first-order chi connectivity index (χ1) is 38.0. The van der Waals surface area contributed by atoms with E-state index in [1.165, 1.54) is 29.7 Å². The first-order valence-corrected chi connectivity index (χ1v) is 27.4. The van der Waals surface area contributed by atoms with Crippen LogP contribution >= 0.6 is 0 Å². The van der Waals surface area contributed by atoms with E-state index >= 15 is 0 Å². The van der Waals surface area contributed by atoms with Crippen LogP contribution in [0.1, 0.15) is 127 Å². The molecular weight excluding hydrogens is 1000 g/mol. The summed E-state index contributed by atoms with van der Waals surface area (Å²) in [5.41, 5.74) is 9.11. The molecule has 0 saturated carbocycles. The number of ether oxygens (including phenoxy) is 3. The second-order valence-electron chi connectivity index (χ2n) is 21.4. The lowest BCUT2D eigenvalue weighted by Crippen LogP contribution is -2.45. The molecule has 0 spiro atoms. The number of ketones is 2. The molecule has 5 amide bonds. The Bertz CT molecular complexity index is 3190. The van der Waals surface area contributed by atoms with Crippen LogP contribution in [0.3, 0.4) is 0 Å². The number of Topliss-reactive ketones (excluding diaryl/α,β-unsaturated/α-hetero) is 2. The van der Waals surface area contributed by atoms with Gasteiger partial charge in [0.1, 0.15) is 11.5 Å². The number of fused-ring (bicyclic) bond motifs is 4. The Kier molecular flexibility index (Phi) is 17.3. The van der Waals surface area contributed by atoms with Gasteiger partial charge < -0.3 is 29.3 Å². The molecule has 5 aliphatic rings. The van der Waals surface area contributed by atoms with E-state index in [4.69, 9.17) is 24.2 Å². The minimum Gasteiger partial charge on any atom is -0.493 e. The van der Waals surface area contributed by atoms with E-state index in [2.05, 4.69) is 36.5 Å². The number of carbonyl (C=O) groups excluding carboxylic acids is 7. The van der Waals surface area contributed by atoms with Crippen molar-refractivity contribution in [1.82, 2.24) is 20.0 Å². The van der Waals surface area contributed by atoms with Crippen LogP contribution in [-0.4, -0.2) is 113 Å². The minimum absolute atomic E-state index is 0.0268. The number of amides is 5. The second kappa shape index (κ2) is 24.6. The van der Waals surface area contributed by atoms with Crippen molar-refractivity contribution < 1.29 is 47.8 Å². The van der Waals surface area contributed by atoms with Crippen LogP contribution in [0, 0.1) is 25.7 Å². The third-order valence-electron chi connectivity index (χ3n) is 15.2. The molecule has 0 aromatic heterocycles. The van der Waals surface area contributed by atoms with Crippen molar-refractivity contribution in [1.29, 1.82) is 0 Å². The number of unbranched alkanes of at least 4 members (excludes halogenated alkanes) is 2.